The van der Waals surface area contributed by atoms with E-state index in [0.717, 1.165) is 18.8 Å². The fourth-order valence-corrected chi connectivity index (χ4v) is 2.99. The van der Waals surface area contributed by atoms with Crippen LogP contribution in [-0.4, -0.2) is 23.7 Å². The van der Waals surface area contributed by atoms with E-state index >= 15 is 0 Å². The van der Waals surface area contributed by atoms with Crippen LogP contribution in [0.3, 0.4) is 0 Å². The summed E-state index contributed by atoms with van der Waals surface area (Å²) in [6.07, 6.45) is 12.9. The summed E-state index contributed by atoms with van der Waals surface area (Å²) >= 11 is 0. The Morgan fingerprint density at radius 2 is 1.57 bits per heavy atom. The van der Waals surface area contributed by atoms with Crippen molar-refractivity contribution in [3.05, 3.63) is 12.2 Å². The van der Waals surface area contributed by atoms with E-state index in [1.54, 1.807) is 0 Å². The van der Waals surface area contributed by atoms with Crippen molar-refractivity contribution in [2.75, 3.05) is 6.61 Å². The lowest BCUT2D eigenvalue weighted by atomic mass is 9.83. The number of carboxylic acids is 1. The lowest BCUT2D eigenvalue weighted by Crippen LogP contribution is -2.32. The number of ether oxygens (including phenoxy) is 1. The first-order valence-electron chi connectivity index (χ1n) is 9.06. The molecular formula is C19H32O4. The monoisotopic (exact) mass is 324 g/mol. The smallest absolute Gasteiger partial charge is 0.310 e. The summed E-state index contributed by atoms with van der Waals surface area (Å²) in [5.41, 5.74) is 0. The first-order valence-corrected chi connectivity index (χ1v) is 9.06. The molecule has 2 atom stereocenters. The number of carboxylic acid groups (broad SMARTS) is 1. The molecule has 0 saturated heterocycles. The summed E-state index contributed by atoms with van der Waals surface area (Å²) in [6.45, 7) is 4.92. The lowest BCUT2D eigenvalue weighted by Gasteiger charge is -2.23. The van der Waals surface area contributed by atoms with Gasteiger partial charge in [0.15, 0.2) is 0 Å². The maximum absolute atomic E-state index is 12.0. The molecule has 0 aliphatic heterocycles. The number of esters is 1. The maximum Gasteiger partial charge on any atom is 0.310 e. The van der Waals surface area contributed by atoms with Crippen LogP contribution in [0.2, 0.25) is 0 Å². The number of rotatable bonds is 11. The highest BCUT2D eigenvalue weighted by molar-refractivity contribution is 5.81. The molecule has 0 fully saturated rings. The fourth-order valence-electron chi connectivity index (χ4n) is 2.99. The molecule has 1 N–H and O–H groups in total. The van der Waals surface area contributed by atoms with Gasteiger partial charge in [-0.25, -0.2) is 0 Å². The van der Waals surface area contributed by atoms with Gasteiger partial charge in [0.2, 0.25) is 0 Å². The van der Waals surface area contributed by atoms with Gasteiger partial charge in [-0.15, -0.1) is 0 Å². The van der Waals surface area contributed by atoms with Gasteiger partial charge in [-0.05, 0) is 25.2 Å². The van der Waals surface area contributed by atoms with Crippen molar-refractivity contribution in [2.45, 2.75) is 71.6 Å². The summed E-state index contributed by atoms with van der Waals surface area (Å²) in [5, 5.41) is 9.16. The molecule has 1 rings (SSSR count). The van der Waals surface area contributed by atoms with Crippen molar-refractivity contribution in [1.29, 1.82) is 0 Å². The summed E-state index contributed by atoms with van der Waals surface area (Å²) in [6, 6.07) is 0. The van der Waals surface area contributed by atoms with E-state index in [1.165, 1.54) is 32.1 Å². The number of hydrogen-bond acceptors (Lipinski definition) is 3. The van der Waals surface area contributed by atoms with Gasteiger partial charge in [0.1, 0.15) is 0 Å². The zero-order valence-electron chi connectivity index (χ0n) is 14.6. The zero-order chi connectivity index (χ0) is 17.1. The molecule has 23 heavy (non-hydrogen) atoms. The molecule has 4 heteroatoms. The number of carbonyl (C=O) groups excluding carboxylic acids is 1. The van der Waals surface area contributed by atoms with Crippen LogP contribution in [0.5, 0.6) is 0 Å². The third-order valence-electron chi connectivity index (χ3n) is 4.47. The van der Waals surface area contributed by atoms with Crippen LogP contribution >= 0.6 is 0 Å². The first-order chi connectivity index (χ1) is 11.0. The van der Waals surface area contributed by atoms with Crippen LogP contribution in [-0.2, 0) is 14.3 Å². The lowest BCUT2D eigenvalue weighted by molar-refractivity contribution is -0.158. The van der Waals surface area contributed by atoms with Crippen LogP contribution in [0.15, 0.2) is 12.2 Å². The van der Waals surface area contributed by atoms with Crippen molar-refractivity contribution in [2.24, 2.45) is 17.8 Å². The van der Waals surface area contributed by atoms with Gasteiger partial charge in [-0.1, -0.05) is 64.5 Å². The predicted molar refractivity (Wildman–Crippen MR) is 91.1 cm³/mol. The summed E-state index contributed by atoms with van der Waals surface area (Å²) in [4.78, 5) is 23.2. The number of hydrogen-bond donors (Lipinski definition) is 1. The molecule has 0 radical (unpaired) electrons. The first kappa shape index (κ1) is 19.7. The van der Waals surface area contributed by atoms with E-state index in [0.29, 0.717) is 19.4 Å². The third kappa shape index (κ3) is 8.19. The topological polar surface area (TPSA) is 63.6 Å². The zero-order valence-corrected chi connectivity index (χ0v) is 14.6. The molecule has 0 heterocycles. The number of aliphatic carboxylic acids is 1. The average Bonchev–Trinajstić information content (AvgIpc) is 2.52. The van der Waals surface area contributed by atoms with E-state index in [4.69, 9.17) is 9.84 Å². The molecular weight excluding hydrogens is 292 g/mol. The quantitative estimate of drug-likeness (QED) is 0.343. The summed E-state index contributed by atoms with van der Waals surface area (Å²) in [7, 11) is 0. The van der Waals surface area contributed by atoms with E-state index in [2.05, 4.69) is 13.8 Å². The molecule has 1 aliphatic carbocycles. The second-order valence-electron chi connectivity index (χ2n) is 6.97. The van der Waals surface area contributed by atoms with E-state index in [-0.39, 0.29) is 5.97 Å². The van der Waals surface area contributed by atoms with Crippen molar-refractivity contribution < 1.29 is 19.4 Å². The predicted octanol–water partition coefficient (Wildman–Crippen LogP) is 4.58. The maximum atomic E-state index is 12.0. The Balaban J connectivity index is 2.07. The van der Waals surface area contributed by atoms with E-state index in [1.807, 2.05) is 12.2 Å². The standard InChI is InChI=1S/C19H32O4/c1-15(2)11-7-5-3-4-6-10-14-23-19(22)17-13-9-8-12-16(17)18(20)21/h8-9,15-17H,3-7,10-14H2,1-2H3,(H,20,21). The Hall–Kier alpha value is -1.32. The van der Waals surface area contributed by atoms with Crippen LogP contribution in [0.4, 0.5) is 0 Å². The molecule has 0 aromatic rings. The summed E-state index contributed by atoms with van der Waals surface area (Å²) in [5.74, 6) is -1.61. The van der Waals surface area contributed by atoms with E-state index < -0.39 is 17.8 Å². The largest absolute Gasteiger partial charge is 0.481 e. The molecule has 0 spiro atoms. The minimum atomic E-state index is -0.905. The Bertz CT molecular complexity index is 387. The van der Waals surface area contributed by atoms with Crippen molar-refractivity contribution >= 4 is 11.9 Å². The molecule has 2 unspecified atom stereocenters. The van der Waals surface area contributed by atoms with Gasteiger partial charge in [-0.3, -0.25) is 9.59 Å². The SMILES string of the molecule is CC(C)CCCCCCCCOC(=O)C1CC=CCC1C(=O)O. The molecule has 0 aromatic carbocycles. The minimum Gasteiger partial charge on any atom is -0.481 e. The van der Waals surface area contributed by atoms with Crippen LogP contribution < -0.4 is 0 Å². The van der Waals surface area contributed by atoms with E-state index in [9.17, 15) is 9.59 Å². The normalized spacial score (nSPS) is 20.7. The molecule has 132 valence electrons. The highest BCUT2D eigenvalue weighted by Crippen LogP contribution is 2.27. The Morgan fingerprint density at radius 3 is 2.17 bits per heavy atom. The fraction of sp³-hybridized carbons (Fsp3) is 0.789. The number of carbonyl (C=O) groups is 2. The Kier molecular flexibility index (Phi) is 9.65. The van der Waals surface area contributed by atoms with Crippen molar-refractivity contribution in [3.8, 4) is 0 Å². The Morgan fingerprint density at radius 1 is 1.00 bits per heavy atom. The molecule has 0 amide bonds. The van der Waals surface area contributed by atoms with Crippen LogP contribution in [0.25, 0.3) is 0 Å². The van der Waals surface area contributed by atoms with Gasteiger partial charge in [0.05, 0.1) is 18.4 Å². The highest BCUT2D eigenvalue weighted by Gasteiger charge is 2.34. The molecule has 0 aromatic heterocycles. The number of allylic oxidation sites excluding steroid dienone is 2. The van der Waals surface area contributed by atoms with Gasteiger partial charge in [-0.2, -0.15) is 0 Å². The van der Waals surface area contributed by atoms with Gasteiger partial charge < -0.3 is 9.84 Å². The Labute approximate surface area is 140 Å². The summed E-state index contributed by atoms with van der Waals surface area (Å²) < 4.78 is 5.28. The highest BCUT2D eigenvalue weighted by atomic mass is 16.5. The van der Waals surface area contributed by atoms with Crippen molar-refractivity contribution in [3.63, 3.8) is 0 Å². The van der Waals surface area contributed by atoms with Gasteiger partial charge in [0, 0.05) is 0 Å². The van der Waals surface area contributed by atoms with Crippen LogP contribution in [0, 0.1) is 17.8 Å². The minimum absolute atomic E-state index is 0.348. The van der Waals surface area contributed by atoms with Crippen LogP contribution in [0.1, 0.15) is 71.6 Å². The average molecular weight is 324 g/mol. The van der Waals surface area contributed by atoms with Gasteiger partial charge in [0.25, 0.3) is 0 Å². The second-order valence-corrected chi connectivity index (χ2v) is 6.97. The van der Waals surface area contributed by atoms with Crippen molar-refractivity contribution in [1.82, 2.24) is 0 Å². The number of unbranched alkanes of at least 4 members (excludes halogenated alkanes) is 5. The third-order valence-corrected chi connectivity index (χ3v) is 4.47. The van der Waals surface area contributed by atoms with Gasteiger partial charge >= 0.3 is 11.9 Å². The molecule has 0 bridgehead atoms. The molecule has 4 nitrogen and oxygen atoms in total. The molecule has 1 aliphatic rings. The second kappa shape index (κ2) is 11.3. The molecule has 0 saturated carbocycles.